The van der Waals surface area contributed by atoms with Crippen LogP contribution in [0.3, 0.4) is 0 Å². The second kappa shape index (κ2) is 6.15. The summed E-state index contributed by atoms with van der Waals surface area (Å²) in [5, 5.41) is 14.5. The number of nitrogens with one attached hydrogen (secondary N) is 2. The first kappa shape index (κ1) is 15.3. The van der Waals surface area contributed by atoms with Gasteiger partial charge in [0.25, 0.3) is 0 Å². The molecule has 0 aliphatic heterocycles. The molecule has 21 heavy (non-hydrogen) atoms. The van der Waals surface area contributed by atoms with Crippen LogP contribution in [0.1, 0.15) is 49.4 Å². The van der Waals surface area contributed by atoms with Crippen LogP contribution in [0, 0.1) is 13.8 Å². The van der Waals surface area contributed by atoms with E-state index in [1.807, 2.05) is 13.8 Å². The Labute approximate surface area is 123 Å². The Kier molecular flexibility index (Phi) is 4.50. The van der Waals surface area contributed by atoms with Crippen molar-refractivity contribution < 1.29 is 19.1 Å². The SMILES string of the molecule is Cc1nc(CNC(=O)NC2(CC(=O)O)CCCC2)oc1C. The summed E-state index contributed by atoms with van der Waals surface area (Å²) in [5.41, 5.74) is 0.170. The maximum atomic E-state index is 12.0. The van der Waals surface area contributed by atoms with Crippen LogP contribution in [0.15, 0.2) is 4.42 Å². The minimum Gasteiger partial charge on any atom is -0.481 e. The highest BCUT2D eigenvalue weighted by Gasteiger charge is 2.37. The molecule has 116 valence electrons. The molecule has 2 amide bonds. The minimum absolute atomic E-state index is 0.0440. The van der Waals surface area contributed by atoms with Gasteiger partial charge in [-0.05, 0) is 26.7 Å². The van der Waals surface area contributed by atoms with E-state index in [0.29, 0.717) is 18.7 Å². The van der Waals surface area contributed by atoms with Crippen LogP contribution in [-0.2, 0) is 11.3 Å². The number of carbonyl (C=O) groups excluding carboxylic acids is 1. The summed E-state index contributed by atoms with van der Waals surface area (Å²) in [6.07, 6.45) is 3.23. The number of urea groups is 1. The monoisotopic (exact) mass is 295 g/mol. The number of oxazole rings is 1. The van der Waals surface area contributed by atoms with E-state index in [9.17, 15) is 9.59 Å². The predicted octanol–water partition coefficient (Wildman–Crippen LogP) is 1.88. The van der Waals surface area contributed by atoms with Crippen molar-refractivity contribution in [2.24, 2.45) is 0 Å². The molecule has 0 atom stereocenters. The van der Waals surface area contributed by atoms with E-state index in [1.54, 1.807) is 0 Å². The fourth-order valence-corrected chi connectivity index (χ4v) is 2.74. The van der Waals surface area contributed by atoms with E-state index < -0.39 is 11.5 Å². The Bertz CT molecular complexity index is 513. The quantitative estimate of drug-likeness (QED) is 0.769. The standard InChI is InChI=1S/C14H21N3O4/c1-9-10(2)21-11(16-9)8-15-13(20)17-14(7-12(18)19)5-3-4-6-14/h3-8H2,1-2H3,(H,18,19)(H2,15,17,20). The maximum absolute atomic E-state index is 12.0. The van der Waals surface area contributed by atoms with Gasteiger partial charge in [0.2, 0.25) is 5.89 Å². The van der Waals surface area contributed by atoms with Crippen LogP contribution in [0.4, 0.5) is 4.79 Å². The average molecular weight is 295 g/mol. The third-order valence-electron chi connectivity index (χ3n) is 3.90. The molecule has 2 rings (SSSR count). The molecule has 1 aromatic rings. The predicted molar refractivity (Wildman–Crippen MR) is 74.8 cm³/mol. The first-order valence-electron chi connectivity index (χ1n) is 7.11. The van der Waals surface area contributed by atoms with Crippen LogP contribution in [0.5, 0.6) is 0 Å². The van der Waals surface area contributed by atoms with Crippen molar-refractivity contribution in [3.8, 4) is 0 Å². The van der Waals surface area contributed by atoms with Crippen molar-refractivity contribution >= 4 is 12.0 Å². The van der Waals surface area contributed by atoms with Gasteiger partial charge in [-0.15, -0.1) is 0 Å². The second-order valence-corrected chi connectivity index (χ2v) is 5.61. The number of carbonyl (C=O) groups is 2. The highest BCUT2D eigenvalue weighted by molar-refractivity contribution is 5.76. The number of aliphatic carboxylic acids is 1. The lowest BCUT2D eigenvalue weighted by Crippen LogP contribution is -2.51. The third-order valence-corrected chi connectivity index (χ3v) is 3.90. The van der Waals surface area contributed by atoms with Crippen molar-refractivity contribution in [3.05, 3.63) is 17.3 Å². The maximum Gasteiger partial charge on any atom is 0.315 e. The van der Waals surface area contributed by atoms with Gasteiger partial charge in [-0.1, -0.05) is 12.8 Å². The van der Waals surface area contributed by atoms with Gasteiger partial charge in [0.05, 0.1) is 24.2 Å². The summed E-state index contributed by atoms with van der Waals surface area (Å²) < 4.78 is 5.38. The fourth-order valence-electron chi connectivity index (χ4n) is 2.74. The molecule has 1 aliphatic carbocycles. The van der Waals surface area contributed by atoms with Gasteiger partial charge >= 0.3 is 12.0 Å². The van der Waals surface area contributed by atoms with Crippen molar-refractivity contribution in [2.45, 2.75) is 58.0 Å². The van der Waals surface area contributed by atoms with E-state index in [0.717, 1.165) is 24.3 Å². The van der Waals surface area contributed by atoms with Gasteiger partial charge in [-0.2, -0.15) is 0 Å². The zero-order valence-electron chi connectivity index (χ0n) is 12.4. The number of carboxylic acids is 1. The lowest BCUT2D eigenvalue weighted by Gasteiger charge is -2.28. The molecule has 1 fully saturated rings. The highest BCUT2D eigenvalue weighted by Crippen LogP contribution is 2.32. The van der Waals surface area contributed by atoms with Crippen LogP contribution < -0.4 is 10.6 Å². The summed E-state index contributed by atoms with van der Waals surface area (Å²) in [4.78, 5) is 27.1. The first-order chi connectivity index (χ1) is 9.90. The summed E-state index contributed by atoms with van der Waals surface area (Å²) in [7, 11) is 0. The Balaban J connectivity index is 1.89. The van der Waals surface area contributed by atoms with Crippen LogP contribution in [0.2, 0.25) is 0 Å². The smallest absolute Gasteiger partial charge is 0.315 e. The number of carboxylic acid groups (broad SMARTS) is 1. The van der Waals surface area contributed by atoms with Gasteiger partial charge in [0.15, 0.2) is 0 Å². The molecule has 7 nitrogen and oxygen atoms in total. The average Bonchev–Trinajstić information content (AvgIpc) is 2.94. The molecular formula is C14H21N3O4. The Morgan fingerprint density at radius 2 is 2.00 bits per heavy atom. The lowest BCUT2D eigenvalue weighted by molar-refractivity contribution is -0.138. The van der Waals surface area contributed by atoms with Gasteiger partial charge < -0.3 is 20.2 Å². The van der Waals surface area contributed by atoms with E-state index in [-0.39, 0.29) is 19.0 Å². The number of nitrogens with zero attached hydrogens (tertiary/aromatic N) is 1. The molecule has 0 unspecified atom stereocenters. The van der Waals surface area contributed by atoms with Gasteiger partial charge in [0, 0.05) is 0 Å². The Morgan fingerprint density at radius 1 is 1.33 bits per heavy atom. The van der Waals surface area contributed by atoms with Crippen LogP contribution >= 0.6 is 0 Å². The van der Waals surface area contributed by atoms with E-state index in [4.69, 9.17) is 9.52 Å². The molecule has 0 bridgehead atoms. The number of hydrogen-bond donors (Lipinski definition) is 3. The van der Waals surface area contributed by atoms with E-state index >= 15 is 0 Å². The number of rotatable bonds is 5. The molecule has 1 aromatic heterocycles. The third kappa shape index (κ3) is 3.96. The highest BCUT2D eigenvalue weighted by atomic mass is 16.4. The van der Waals surface area contributed by atoms with Crippen LogP contribution in [-0.4, -0.2) is 27.6 Å². The normalized spacial score (nSPS) is 16.7. The molecule has 0 radical (unpaired) electrons. The first-order valence-corrected chi connectivity index (χ1v) is 7.11. The molecule has 0 saturated heterocycles. The summed E-state index contributed by atoms with van der Waals surface area (Å²) in [6.45, 7) is 3.83. The molecule has 1 aliphatic rings. The molecule has 1 heterocycles. The van der Waals surface area contributed by atoms with Crippen molar-refractivity contribution in [2.75, 3.05) is 0 Å². The van der Waals surface area contributed by atoms with Crippen molar-refractivity contribution in [1.29, 1.82) is 0 Å². The van der Waals surface area contributed by atoms with Crippen molar-refractivity contribution in [1.82, 2.24) is 15.6 Å². The summed E-state index contributed by atoms with van der Waals surface area (Å²) >= 11 is 0. The molecule has 3 N–H and O–H groups in total. The van der Waals surface area contributed by atoms with Gasteiger partial charge in [-0.25, -0.2) is 9.78 Å². The van der Waals surface area contributed by atoms with Crippen LogP contribution in [0.25, 0.3) is 0 Å². The van der Waals surface area contributed by atoms with E-state index in [1.165, 1.54) is 0 Å². The Hall–Kier alpha value is -2.05. The number of aromatic nitrogens is 1. The number of hydrogen-bond acceptors (Lipinski definition) is 4. The minimum atomic E-state index is -0.892. The molecular weight excluding hydrogens is 274 g/mol. The van der Waals surface area contributed by atoms with Gasteiger partial charge in [0.1, 0.15) is 5.76 Å². The molecule has 0 spiro atoms. The largest absolute Gasteiger partial charge is 0.481 e. The summed E-state index contributed by atoms with van der Waals surface area (Å²) in [5.74, 6) is 0.278. The zero-order valence-corrected chi connectivity index (χ0v) is 12.4. The van der Waals surface area contributed by atoms with Crippen molar-refractivity contribution in [3.63, 3.8) is 0 Å². The topological polar surface area (TPSA) is 104 Å². The number of aryl methyl sites for hydroxylation is 2. The molecule has 0 aromatic carbocycles. The van der Waals surface area contributed by atoms with Gasteiger partial charge in [-0.3, -0.25) is 4.79 Å². The fraction of sp³-hybridized carbons (Fsp3) is 0.643. The lowest BCUT2D eigenvalue weighted by atomic mass is 9.93. The second-order valence-electron chi connectivity index (χ2n) is 5.61. The zero-order chi connectivity index (χ0) is 15.5. The van der Waals surface area contributed by atoms with E-state index in [2.05, 4.69) is 15.6 Å². The Morgan fingerprint density at radius 3 is 2.52 bits per heavy atom. The summed E-state index contributed by atoms with van der Waals surface area (Å²) in [6, 6.07) is -0.383. The molecule has 7 heteroatoms. The molecule has 1 saturated carbocycles. The number of amides is 2.